The Morgan fingerprint density at radius 1 is 1.40 bits per heavy atom. The lowest BCUT2D eigenvalue weighted by molar-refractivity contribution is 0.727. The number of hydrogen-bond donors (Lipinski definition) is 2. The van der Waals surface area contributed by atoms with Crippen molar-refractivity contribution in [1.29, 1.82) is 0 Å². The Morgan fingerprint density at radius 3 is 3.07 bits per heavy atom. The van der Waals surface area contributed by atoms with Crippen molar-refractivity contribution < 1.29 is 0 Å². The first-order valence-corrected chi connectivity index (χ1v) is 4.76. The summed E-state index contributed by atoms with van der Waals surface area (Å²) in [6.45, 7) is 1.65. The highest BCUT2D eigenvalue weighted by Crippen LogP contribution is 2.12. The molecule has 0 aromatic carbocycles. The molecular weight excluding hydrogens is 190 g/mol. The molecule has 0 fully saturated rings. The zero-order valence-electron chi connectivity index (χ0n) is 8.30. The third kappa shape index (κ3) is 2.46. The molecule has 2 aromatic heterocycles. The Bertz CT molecular complexity index is 410. The molecule has 0 spiro atoms. The first-order valence-electron chi connectivity index (χ1n) is 4.76. The Balaban J connectivity index is 1.86. The summed E-state index contributed by atoms with van der Waals surface area (Å²) in [6, 6.07) is 3.77. The average molecular weight is 203 g/mol. The van der Waals surface area contributed by atoms with Gasteiger partial charge < -0.3 is 15.6 Å². The zero-order chi connectivity index (χ0) is 10.5. The minimum Gasteiger partial charge on any atom is -0.382 e. The van der Waals surface area contributed by atoms with E-state index in [9.17, 15) is 0 Å². The van der Waals surface area contributed by atoms with Crippen LogP contribution >= 0.6 is 0 Å². The summed E-state index contributed by atoms with van der Waals surface area (Å²) in [5.41, 5.74) is 6.56. The van der Waals surface area contributed by atoms with E-state index in [1.807, 2.05) is 22.9 Å². The van der Waals surface area contributed by atoms with Gasteiger partial charge in [0.1, 0.15) is 5.82 Å². The van der Waals surface area contributed by atoms with Crippen LogP contribution in [0.25, 0.3) is 0 Å². The smallest absolute Gasteiger partial charge is 0.146 e. The lowest BCUT2D eigenvalue weighted by atomic mass is 10.4. The van der Waals surface area contributed by atoms with Crippen molar-refractivity contribution in [2.24, 2.45) is 0 Å². The molecule has 0 bridgehead atoms. The van der Waals surface area contributed by atoms with E-state index < -0.39 is 0 Å². The number of rotatable bonds is 4. The van der Waals surface area contributed by atoms with E-state index in [-0.39, 0.29) is 0 Å². The second-order valence-electron chi connectivity index (χ2n) is 3.16. The summed E-state index contributed by atoms with van der Waals surface area (Å²) in [6.07, 6.45) is 7.15. The van der Waals surface area contributed by atoms with Crippen LogP contribution in [0.3, 0.4) is 0 Å². The molecular formula is C10H13N5. The maximum Gasteiger partial charge on any atom is 0.146 e. The largest absolute Gasteiger partial charge is 0.382 e. The van der Waals surface area contributed by atoms with Crippen molar-refractivity contribution in [3.63, 3.8) is 0 Å². The Hall–Kier alpha value is -2.04. The minimum atomic E-state index is 0.531. The lowest BCUT2D eigenvalue weighted by Crippen LogP contribution is -2.10. The number of nitrogens with two attached hydrogens (primary N) is 1. The lowest BCUT2D eigenvalue weighted by Gasteiger charge is -2.08. The normalized spacial score (nSPS) is 10.1. The SMILES string of the molecule is Nc1ncccc1NCCn1ccnc1. The van der Waals surface area contributed by atoms with E-state index in [2.05, 4.69) is 15.3 Å². The summed E-state index contributed by atoms with van der Waals surface area (Å²) < 4.78 is 2.00. The summed E-state index contributed by atoms with van der Waals surface area (Å²) in [7, 11) is 0. The van der Waals surface area contributed by atoms with E-state index in [0.717, 1.165) is 18.8 Å². The number of aromatic nitrogens is 3. The highest BCUT2D eigenvalue weighted by Gasteiger charge is 1.96. The van der Waals surface area contributed by atoms with Gasteiger partial charge in [0, 0.05) is 31.7 Å². The van der Waals surface area contributed by atoms with Crippen LogP contribution in [0.4, 0.5) is 11.5 Å². The Morgan fingerprint density at radius 2 is 2.33 bits per heavy atom. The molecule has 0 amide bonds. The molecule has 2 heterocycles. The van der Waals surface area contributed by atoms with Gasteiger partial charge in [0.15, 0.2) is 0 Å². The monoisotopic (exact) mass is 203 g/mol. The quantitative estimate of drug-likeness (QED) is 0.777. The number of nitrogens with zero attached hydrogens (tertiary/aromatic N) is 3. The molecule has 78 valence electrons. The molecule has 2 rings (SSSR count). The van der Waals surface area contributed by atoms with Crippen molar-refractivity contribution in [2.45, 2.75) is 6.54 Å². The molecule has 3 N–H and O–H groups in total. The minimum absolute atomic E-state index is 0.531. The summed E-state index contributed by atoms with van der Waals surface area (Å²) >= 11 is 0. The van der Waals surface area contributed by atoms with E-state index in [1.54, 1.807) is 18.7 Å². The molecule has 0 atom stereocenters. The molecule has 5 heteroatoms. The van der Waals surface area contributed by atoms with Crippen molar-refractivity contribution in [3.05, 3.63) is 37.1 Å². The van der Waals surface area contributed by atoms with Crippen LogP contribution in [-0.4, -0.2) is 21.1 Å². The van der Waals surface area contributed by atoms with Crippen LogP contribution < -0.4 is 11.1 Å². The Kier molecular flexibility index (Phi) is 2.82. The highest BCUT2D eigenvalue weighted by atomic mass is 15.0. The Labute approximate surface area is 88.0 Å². The van der Waals surface area contributed by atoms with Gasteiger partial charge in [-0.25, -0.2) is 9.97 Å². The van der Waals surface area contributed by atoms with Crippen molar-refractivity contribution in [1.82, 2.24) is 14.5 Å². The number of nitrogen functional groups attached to an aromatic ring is 1. The van der Waals surface area contributed by atoms with E-state index in [4.69, 9.17) is 5.73 Å². The molecule has 0 aliphatic carbocycles. The van der Waals surface area contributed by atoms with Gasteiger partial charge in [0.25, 0.3) is 0 Å². The second kappa shape index (κ2) is 4.45. The number of anilines is 2. The standard InChI is InChI=1S/C10H13N5/c11-10-9(2-1-3-14-10)13-5-7-15-6-4-12-8-15/h1-4,6,8,13H,5,7H2,(H2,11,14). The van der Waals surface area contributed by atoms with E-state index in [0.29, 0.717) is 5.82 Å². The topological polar surface area (TPSA) is 68.8 Å². The first-order chi connectivity index (χ1) is 7.36. The van der Waals surface area contributed by atoms with Gasteiger partial charge in [-0.05, 0) is 12.1 Å². The second-order valence-corrected chi connectivity index (χ2v) is 3.16. The molecule has 2 aromatic rings. The molecule has 5 nitrogen and oxygen atoms in total. The number of nitrogens with one attached hydrogen (secondary N) is 1. The molecule has 0 radical (unpaired) electrons. The third-order valence-corrected chi connectivity index (χ3v) is 2.08. The highest BCUT2D eigenvalue weighted by molar-refractivity contribution is 5.60. The fourth-order valence-electron chi connectivity index (χ4n) is 1.31. The third-order valence-electron chi connectivity index (χ3n) is 2.08. The predicted molar refractivity (Wildman–Crippen MR) is 59.4 cm³/mol. The summed E-state index contributed by atoms with van der Waals surface area (Å²) in [4.78, 5) is 7.95. The van der Waals surface area contributed by atoms with Crippen LogP contribution in [-0.2, 0) is 6.54 Å². The van der Waals surface area contributed by atoms with Gasteiger partial charge in [-0.2, -0.15) is 0 Å². The number of pyridine rings is 1. The van der Waals surface area contributed by atoms with Crippen molar-refractivity contribution in [2.75, 3.05) is 17.6 Å². The van der Waals surface area contributed by atoms with Gasteiger partial charge >= 0.3 is 0 Å². The number of hydrogen-bond acceptors (Lipinski definition) is 4. The fraction of sp³-hybridized carbons (Fsp3) is 0.200. The first kappa shape index (κ1) is 9.51. The van der Waals surface area contributed by atoms with Crippen molar-refractivity contribution in [3.8, 4) is 0 Å². The van der Waals surface area contributed by atoms with Gasteiger partial charge in [-0.15, -0.1) is 0 Å². The number of imidazole rings is 1. The fourth-order valence-corrected chi connectivity index (χ4v) is 1.31. The maximum atomic E-state index is 5.69. The molecule has 0 saturated carbocycles. The van der Waals surface area contributed by atoms with E-state index >= 15 is 0 Å². The van der Waals surface area contributed by atoms with Crippen molar-refractivity contribution >= 4 is 11.5 Å². The van der Waals surface area contributed by atoms with Gasteiger partial charge in [0.2, 0.25) is 0 Å². The average Bonchev–Trinajstić information content (AvgIpc) is 2.74. The molecule has 0 unspecified atom stereocenters. The van der Waals surface area contributed by atoms with E-state index in [1.165, 1.54) is 0 Å². The molecule has 0 saturated heterocycles. The van der Waals surface area contributed by atoms with Crippen LogP contribution in [0.2, 0.25) is 0 Å². The van der Waals surface area contributed by atoms with Gasteiger partial charge in [0.05, 0.1) is 12.0 Å². The summed E-state index contributed by atoms with van der Waals surface area (Å²) in [5, 5.41) is 3.22. The van der Waals surface area contributed by atoms with Gasteiger partial charge in [-0.3, -0.25) is 0 Å². The zero-order valence-corrected chi connectivity index (χ0v) is 8.30. The molecule has 0 aliphatic rings. The van der Waals surface area contributed by atoms with Crippen LogP contribution in [0.5, 0.6) is 0 Å². The van der Waals surface area contributed by atoms with Crippen LogP contribution in [0.15, 0.2) is 37.1 Å². The van der Waals surface area contributed by atoms with Crippen LogP contribution in [0.1, 0.15) is 0 Å². The molecule has 0 aliphatic heterocycles. The maximum absolute atomic E-state index is 5.69. The van der Waals surface area contributed by atoms with Crippen LogP contribution in [0, 0.1) is 0 Å². The molecule has 15 heavy (non-hydrogen) atoms. The van der Waals surface area contributed by atoms with Gasteiger partial charge in [-0.1, -0.05) is 0 Å². The predicted octanol–water partition coefficient (Wildman–Crippen LogP) is 0.972. The summed E-state index contributed by atoms with van der Waals surface area (Å²) in [5.74, 6) is 0.531.